The molecule has 25 heavy (non-hydrogen) atoms. The van der Waals surface area contributed by atoms with Crippen LogP contribution in [0.4, 0.5) is 23.1 Å². The maximum absolute atomic E-state index is 9.01. The van der Waals surface area contributed by atoms with E-state index in [0.717, 1.165) is 28.5 Å². The van der Waals surface area contributed by atoms with Gasteiger partial charge in [0.1, 0.15) is 5.82 Å². The SMILES string of the molecule is Cc1ccc(Nc2cc(C)nc(Nc3cccc(C#N)c3)n2)c(C)c1. The molecule has 0 aliphatic heterocycles. The van der Waals surface area contributed by atoms with Crippen LogP contribution >= 0.6 is 0 Å². The summed E-state index contributed by atoms with van der Waals surface area (Å²) in [4.78, 5) is 8.94. The van der Waals surface area contributed by atoms with Crippen molar-refractivity contribution in [2.24, 2.45) is 0 Å². The van der Waals surface area contributed by atoms with E-state index in [0.29, 0.717) is 11.5 Å². The van der Waals surface area contributed by atoms with Crippen molar-refractivity contribution in [3.05, 3.63) is 70.9 Å². The van der Waals surface area contributed by atoms with Crippen molar-refractivity contribution < 1.29 is 0 Å². The number of benzene rings is 2. The zero-order valence-electron chi connectivity index (χ0n) is 14.5. The summed E-state index contributed by atoms with van der Waals surface area (Å²) in [6.07, 6.45) is 0. The molecule has 0 amide bonds. The Morgan fingerprint density at radius 1 is 0.920 bits per heavy atom. The first-order chi connectivity index (χ1) is 12.0. The van der Waals surface area contributed by atoms with Crippen molar-refractivity contribution in [2.45, 2.75) is 20.8 Å². The lowest BCUT2D eigenvalue weighted by atomic mass is 10.1. The van der Waals surface area contributed by atoms with Crippen LogP contribution in [0.25, 0.3) is 0 Å². The predicted octanol–water partition coefficient (Wildman–Crippen LogP) is 4.76. The smallest absolute Gasteiger partial charge is 0.229 e. The first-order valence-corrected chi connectivity index (χ1v) is 8.00. The van der Waals surface area contributed by atoms with E-state index >= 15 is 0 Å². The molecule has 0 bridgehead atoms. The summed E-state index contributed by atoms with van der Waals surface area (Å²) in [5, 5.41) is 15.5. The third kappa shape index (κ3) is 4.12. The summed E-state index contributed by atoms with van der Waals surface area (Å²) < 4.78 is 0. The van der Waals surface area contributed by atoms with Crippen LogP contribution in [0.1, 0.15) is 22.4 Å². The molecule has 0 aliphatic carbocycles. The molecule has 124 valence electrons. The first kappa shape index (κ1) is 16.5. The normalized spacial score (nSPS) is 10.2. The molecule has 3 rings (SSSR count). The van der Waals surface area contributed by atoms with Crippen LogP contribution in [0.5, 0.6) is 0 Å². The van der Waals surface area contributed by atoms with Crippen molar-refractivity contribution in [1.82, 2.24) is 9.97 Å². The number of nitrogens with one attached hydrogen (secondary N) is 2. The zero-order valence-corrected chi connectivity index (χ0v) is 14.5. The van der Waals surface area contributed by atoms with Crippen molar-refractivity contribution in [1.29, 1.82) is 5.26 Å². The summed E-state index contributed by atoms with van der Waals surface area (Å²) in [6, 6.07) is 17.5. The van der Waals surface area contributed by atoms with Gasteiger partial charge in [-0.05, 0) is 50.6 Å². The highest BCUT2D eigenvalue weighted by Crippen LogP contribution is 2.22. The zero-order chi connectivity index (χ0) is 17.8. The van der Waals surface area contributed by atoms with Crippen LogP contribution in [-0.4, -0.2) is 9.97 Å². The average molecular weight is 329 g/mol. The molecule has 0 spiro atoms. The highest BCUT2D eigenvalue weighted by Gasteiger charge is 2.06. The molecule has 0 saturated carbocycles. The number of aryl methyl sites for hydroxylation is 3. The van der Waals surface area contributed by atoms with Crippen LogP contribution in [0.2, 0.25) is 0 Å². The Kier molecular flexibility index (Phi) is 4.62. The Morgan fingerprint density at radius 2 is 1.76 bits per heavy atom. The number of nitriles is 1. The minimum Gasteiger partial charge on any atom is -0.340 e. The molecule has 0 unspecified atom stereocenters. The molecule has 2 N–H and O–H groups in total. The molecule has 0 radical (unpaired) electrons. The van der Waals surface area contributed by atoms with E-state index in [1.165, 1.54) is 5.56 Å². The van der Waals surface area contributed by atoms with Gasteiger partial charge in [0.2, 0.25) is 5.95 Å². The minimum atomic E-state index is 0.488. The van der Waals surface area contributed by atoms with Gasteiger partial charge in [-0.15, -0.1) is 0 Å². The lowest BCUT2D eigenvalue weighted by Gasteiger charge is -2.12. The third-order valence-corrected chi connectivity index (χ3v) is 3.75. The van der Waals surface area contributed by atoms with Crippen LogP contribution in [-0.2, 0) is 0 Å². The van der Waals surface area contributed by atoms with Crippen LogP contribution < -0.4 is 10.6 Å². The minimum absolute atomic E-state index is 0.488. The Balaban J connectivity index is 1.86. The van der Waals surface area contributed by atoms with Gasteiger partial charge < -0.3 is 10.6 Å². The highest BCUT2D eigenvalue weighted by molar-refractivity contribution is 5.63. The maximum atomic E-state index is 9.01. The molecule has 5 heteroatoms. The van der Waals surface area contributed by atoms with Gasteiger partial charge in [-0.3, -0.25) is 0 Å². The second kappa shape index (κ2) is 7.02. The topological polar surface area (TPSA) is 73.6 Å². The van der Waals surface area contributed by atoms with Gasteiger partial charge >= 0.3 is 0 Å². The molecular formula is C20H19N5. The summed E-state index contributed by atoms with van der Waals surface area (Å²) in [5.74, 6) is 1.21. The number of hydrogen-bond acceptors (Lipinski definition) is 5. The average Bonchev–Trinajstić information content (AvgIpc) is 2.57. The number of anilines is 4. The van der Waals surface area contributed by atoms with E-state index in [2.05, 4.69) is 52.7 Å². The summed E-state index contributed by atoms with van der Waals surface area (Å²) in [6.45, 7) is 6.06. The third-order valence-electron chi connectivity index (χ3n) is 3.75. The lowest BCUT2D eigenvalue weighted by molar-refractivity contribution is 1.11. The van der Waals surface area contributed by atoms with Gasteiger partial charge in [-0.2, -0.15) is 10.2 Å². The largest absolute Gasteiger partial charge is 0.340 e. The molecule has 0 saturated heterocycles. The Bertz CT molecular complexity index is 957. The number of aromatic nitrogens is 2. The van der Waals surface area contributed by atoms with E-state index in [9.17, 15) is 0 Å². The monoisotopic (exact) mass is 329 g/mol. The fourth-order valence-electron chi connectivity index (χ4n) is 2.58. The van der Waals surface area contributed by atoms with Gasteiger partial charge in [-0.25, -0.2) is 4.98 Å². The predicted molar refractivity (Wildman–Crippen MR) is 100 cm³/mol. The molecule has 0 atom stereocenters. The highest BCUT2D eigenvalue weighted by atomic mass is 15.1. The molecule has 3 aromatic rings. The second-order valence-electron chi connectivity index (χ2n) is 5.98. The number of hydrogen-bond donors (Lipinski definition) is 2. The van der Waals surface area contributed by atoms with Gasteiger partial charge in [0.25, 0.3) is 0 Å². The van der Waals surface area contributed by atoms with E-state index in [1.54, 1.807) is 12.1 Å². The van der Waals surface area contributed by atoms with E-state index in [1.807, 2.05) is 31.2 Å². The summed E-state index contributed by atoms with van der Waals surface area (Å²) in [7, 11) is 0. The van der Waals surface area contributed by atoms with Crippen molar-refractivity contribution >= 4 is 23.1 Å². The molecule has 2 aromatic carbocycles. The van der Waals surface area contributed by atoms with E-state index in [-0.39, 0.29) is 0 Å². The molecule has 5 nitrogen and oxygen atoms in total. The standard InChI is InChI=1S/C20H19N5/c1-13-7-8-18(14(2)9-13)24-19-10-15(3)22-20(25-19)23-17-6-4-5-16(11-17)12-21/h4-11H,1-3H3,(H2,22,23,24,25). The number of rotatable bonds is 4. The Morgan fingerprint density at radius 3 is 2.52 bits per heavy atom. The molecule has 0 fully saturated rings. The van der Waals surface area contributed by atoms with E-state index in [4.69, 9.17) is 5.26 Å². The number of nitrogens with zero attached hydrogens (tertiary/aromatic N) is 3. The van der Waals surface area contributed by atoms with Gasteiger partial charge in [0, 0.05) is 23.1 Å². The quantitative estimate of drug-likeness (QED) is 0.722. The van der Waals surface area contributed by atoms with E-state index < -0.39 is 0 Å². The lowest BCUT2D eigenvalue weighted by Crippen LogP contribution is -2.03. The van der Waals surface area contributed by atoms with Crippen molar-refractivity contribution in [3.8, 4) is 6.07 Å². The van der Waals surface area contributed by atoms with Crippen LogP contribution in [0.15, 0.2) is 48.5 Å². The Hall–Kier alpha value is -3.39. The molecule has 0 aliphatic rings. The van der Waals surface area contributed by atoms with Crippen LogP contribution in [0, 0.1) is 32.1 Å². The fraction of sp³-hybridized carbons (Fsp3) is 0.150. The van der Waals surface area contributed by atoms with Gasteiger partial charge in [0.05, 0.1) is 11.6 Å². The van der Waals surface area contributed by atoms with Gasteiger partial charge in [0.15, 0.2) is 0 Å². The summed E-state index contributed by atoms with van der Waals surface area (Å²) >= 11 is 0. The van der Waals surface area contributed by atoms with Crippen molar-refractivity contribution in [3.63, 3.8) is 0 Å². The fourth-order valence-corrected chi connectivity index (χ4v) is 2.58. The molecular weight excluding hydrogens is 310 g/mol. The van der Waals surface area contributed by atoms with Crippen LogP contribution in [0.3, 0.4) is 0 Å². The second-order valence-corrected chi connectivity index (χ2v) is 5.98. The summed E-state index contributed by atoms with van der Waals surface area (Å²) in [5.41, 5.74) is 5.62. The van der Waals surface area contributed by atoms with Crippen molar-refractivity contribution in [2.75, 3.05) is 10.6 Å². The van der Waals surface area contributed by atoms with Gasteiger partial charge in [-0.1, -0.05) is 23.8 Å². The molecule has 1 heterocycles. The first-order valence-electron chi connectivity index (χ1n) is 8.00. The maximum Gasteiger partial charge on any atom is 0.229 e. The Labute approximate surface area is 147 Å². The molecule has 1 aromatic heterocycles.